The first-order chi connectivity index (χ1) is 10.9. The highest BCUT2D eigenvalue weighted by atomic mass is 19.4. The van der Waals surface area contributed by atoms with E-state index in [1.165, 1.54) is 26.8 Å². The fourth-order valence-corrected chi connectivity index (χ4v) is 2.07. The fraction of sp³-hybridized carbons (Fsp3) is 0.625. The lowest BCUT2D eigenvalue weighted by Gasteiger charge is -2.42. The predicted octanol–water partition coefficient (Wildman–Crippen LogP) is 3.85. The molecule has 0 radical (unpaired) electrons. The molecule has 0 heterocycles. The first-order valence-electron chi connectivity index (χ1n) is 7.25. The first-order valence-corrected chi connectivity index (χ1v) is 7.25. The zero-order valence-corrected chi connectivity index (χ0v) is 14.4. The van der Waals surface area contributed by atoms with Crippen molar-refractivity contribution in [1.29, 1.82) is 0 Å². The fourth-order valence-electron chi connectivity index (χ4n) is 2.07. The molecule has 0 aromatic rings. The maximum atomic E-state index is 13.9. The average Bonchev–Trinajstić information content (AvgIpc) is 2.42. The molecule has 0 aromatic carbocycles. The van der Waals surface area contributed by atoms with Crippen molar-refractivity contribution in [1.82, 2.24) is 4.90 Å². The summed E-state index contributed by atoms with van der Waals surface area (Å²) in [7, 11) is 0.831. The molecule has 0 aromatic heterocycles. The van der Waals surface area contributed by atoms with Gasteiger partial charge in [-0.3, -0.25) is 4.90 Å². The SMILES string of the molecule is C=CCCC(C(=O)OC)(N(CC=C)C(=O)OC(C)(C)C)C(F)(F)F. The largest absolute Gasteiger partial charge is 0.467 e. The number of hydrogen-bond donors (Lipinski definition) is 0. The van der Waals surface area contributed by atoms with Crippen molar-refractivity contribution in [2.45, 2.75) is 50.9 Å². The van der Waals surface area contributed by atoms with E-state index >= 15 is 0 Å². The van der Waals surface area contributed by atoms with E-state index in [9.17, 15) is 22.8 Å². The Labute approximate surface area is 140 Å². The number of carbonyl (C=O) groups is 2. The molecule has 1 amide bonds. The van der Waals surface area contributed by atoms with Crippen LogP contribution in [-0.2, 0) is 14.3 Å². The number of esters is 1. The summed E-state index contributed by atoms with van der Waals surface area (Å²) in [5.41, 5.74) is -4.23. The summed E-state index contributed by atoms with van der Waals surface area (Å²) in [5.74, 6) is -1.59. The first kappa shape index (κ1) is 22.0. The second-order valence-corrected chi connectivity index (χ2v) is 6.06. The summed E-state index contributed by atoms with van der Waals surface area (Å²) in [6.07, 6.45) is -4.95. The topological polar surface area (TPSA) is 55.8 Å². The molecule has 8 heteroatoms. The van der Waals surface area contributed by atoms with Crippen molar-refractivity contribution in [3.05, 3.63) is 25.3 Å². The normalized spacial score (nSPS) is 14.3. The lowest BCUT2D eigenvalue weighted by atomic mass is 9.90. The Morgan fingerprint density at radius 3 is 2.00 bits per heavy atom. The number of allylic oxidation sites excluding steroid dienone is 1. The summed E-state index contributed by atoms with van der Waals surface area (Å²) in [4.78, 5) is 24.8. The Kier molecular flexibility index (Phi) is 7.53. The van der Waals surface area contributed by atoms with Gasteiger partial charge in [-0.2, -0.15) is 13.2 Å². The molecule has 1 unspecified atom stereocenters. The lowest BCUT2D eigenvalue weighted by molar-refractivity contribution is -0.236. The van der Waals surface area contributed by atoms with E-state index in [1.54, 1.807) is 0 Å². The predicted molar refractivity (Wildman–Crippen MR) is 83.4 cm³/mol. The summed E-state index contributed by atoms with van der Waals surface area (Å²) in [6, 6.07) is 0. The van der Waals surface area contributed by atoms with Crippen molar-refractivity contribution < 1.29 is 32.2 Å². The van der Waals surface area contributed by atoms with Gasteiger partial charge in [0.05, 0.1) is 7.11 Å². The van der Waals surface area contributed by atoms with E-state index in [4.69, 9.17) is 4.74 Å². The molecule has 0 aliphatic rings. The Morgan fingerprint density at radius 1 is 1.12 bits per heavy atom. The van der Waals surface area contributed by atoms with E-state index < -0.39 is 42.3 Å². The molecule has 5 nitrogen and oxygen atoms in total. The smallest absolute Gasteiger partial charge is 0.422 e. The van der Waals surface area contributed by atoms with E-state index in [-0.39, 0.29) is 6.42 Å². The number of ether oxygens (including phenoxy) is 2. The summed E-state index contributed by atoms with van der Waals surface area (Å²) in [6.45, 7) is 10.7. The number of rotatable bonds is 7. The van der Waals surface area contributed by atoms with Crippen molar-refractivity contribution >= 4 is 12.1 Å². The van der Waals surface area contributed by atoms with Gasteiger partial charge in [0.25, 0.3) is 0 Å². The Hall–Kier alpha value is -1.99. The molecule has 138 valence electrons. The molecule has 0 fully saturated rings. The van der Waals surface area contributed by atoms with Crippen LogP contribution < -0.4 is 0 Å². The maximum Gasteiger partial charge on any atom is 0.422 e. The second-order valence-electron chi connectivity index (χ2n) is 6.06. The molecule has 0 N–H and O–H groups in total. The van der Waals surface area contributed by atoms with Gasteiger partial charge in [0, 0.05) is 6.54 Å². The average molecular weight is 351 g/mol. The van der Waals surface area contributed by atoms with Gasteiger partial charge < -0.3 is 9.47 Å². The third-order valence-corrected chi connectivity index (χ3v) is 3.09. The zero-order valence-electron chi connectivity index (χ0n) is 14.4. The van der Waals surface area contributed by atoms with E-state index in [2.05, 4.69) is 17.9 Å². The minimum atomic E-state index is -5.08. The molecular weight excluding hydrogens is 327 g/mol. The molecule has 0 aliphatic carbocycles. The molecule has 0 spiro atoms. The molecule has 1 atom stereocenters. The van der Waals surface area contributed by atoms with Gasteiger partial charge in [0.1, 0.15) is 5.60 Å². The summed E-state index contributed by atoms with van der Waals surface area (Å²) in [5, 5.41) is 0. The number of nitrogens with zero attached hydrogens (tertiary/aromatic N) is 1. The number of carbonyl (C=O) groups excluding carboxylic acids is 2. The number of hydrogen-bond acceptors (Lipinski definition) is 4. The van der Waals surface area contributed by atoms with Crippen LogP contribution in [0.15, 0.2) is 25.3 Å². The molecule has 0 saturated heterocycles. The van der Waals surface area contributed by atoms with Gasteiger partial charge in [-0.1, -0.05) is 12.2 Å². The zero-order chi connectivity index (χ0) is 19.2. The van der Waals surface area contributed by atoms with Crippen molar-refractivity contribution in [3.63, 3.8) is 0 Å². The number of alkyl halides is 3. The maximum absolute atomic E-state index is 13.9. The number of methoxy groups -OCH3 is 1. The summed E-state index contributed by atoms with van der Waals surface area (Å²) < 4.78 is 51.1. The van der Waals surface area contributed by atoms with Crippen LogP contribution in [0.5, 0.6) is 0 Å². The Bertz CT molecular complexity index is 483. The Morgan fingerprint density at radius 2 is 1.67 bits per heavy atom. The second kappa shape index (κ2) is 8.21. The molecule has 0 bridgehead atoms. The third-order valence-electron chi connectivity index (χ3n) is 3.09. The molecule has 0 rings (SSSR count). The number of amides is 1. The molecule has 0 aliphatic heterocycles. The molecule has 0 saturated carbocycles. The van der Waals surface area contributed by atoms with Gasteiger partial charge >= 0.3 is 18.2 Å². The van der Waals surface area contributed by atoms with Gasteiger partial charge in [0.15, 0.2) is 0 Å². The van der Waals surface area contributed by atoms with Gasteiger partial charge in [0.2, 0.25) is 5.54 Å². The van der Waals surface area contributed by atoms with Crippen LogP contribution in [0, 0.1) is 0 Å². The van der Waals surface area contributed by atoms with Crippen LogP contribution in [0.1, 0.15) is 33.6 Å². The highest BCUT2D eigenvalue weighted by Gasteiger charge is 2.66. The van der Waals surface area contributed by atoms with Gasteiger partial charge in [-0.05, 0) is 33.6 Å². The van der Waals surface area contributed by atoms with Crippen molar-refractivity contribution in [2.75, 3.05) is 13.7 Å². The standard InChI is InChI=1S/C16H24F3NO4/c1-7-9-10-15(12(21)23-6,16(17,18)19)20(11-8-2)13(22)24-14(3,4)5/h7-8H,1-2,9-11H2,3-6H3. The minimum Gasteiger partial charge on any atom is -0.467 e. The monoisotopic (exact) mass is 351 g/mol. The van der Waals surface area contributed by atoms with Crippen LogP contribution >= 0.6 is 0 Å². The van der Waals surface area contributed by atoms with Gasteiger partial charge in [-0.15, -0.1) is 13.2 Å². The van der Waals surface area contributed by atoms with E-state index in [1.807, 2.05) is 0 Å². The molecular formula is C16H24F3NO4. The summed E-state index contributed by atoms with van der Waals surface area (Å²) >= 11 is 0. The lowest BCUT2D eigenvalue weighted by Crippen LogP contribution is -2.66. The van der Waals surface area contributed by atoms with Crippen molar-refractivity contribution in [2.24, 2.45) is 0 Å². The van der Waals surface area contributed by atoms with Gasteiger partial charge in [-0.25, -0.2) is 9.59 Å². The van der Waals surface area contributed by atoms with E-state index in [0.29, 0.717) is 4.90 Å². The molecule has 24 heavy (non-hydrogen) atoms. The van der Waals surface area contributed by atoms with Crippen molar-refractivity contribution in [3.8, 4) is 0 Å². The van der Waals surface area contributed by atoms with E-state index in [0.717, 1.165) is 13.2 Å². The Balaban J connectivity index is 6.25. The third kappa shape index (κ3) is 5.01. The van der Waals surface area contributed by atoms with Crippen LogP contribution in [0.4, 0.5) is 18.0 Å². The quantitative estimate of drug-likeness (QED) is 0.516. The van der Waals surface area contributed by atoms with Crippen LogP contribution in [0.3, 0.4) is 0 Å². The van der Waals surface area contributed by atoms with Crippen LogP contribution in [0.25, 0.3) is 0 Å². The minimum absolute atomic E-state index is 0.162. The number of halogens is 3. The highest BCUT2D eigenvalue weighted by molar-refractivity contribution is 5.87. The van der Waals surface area contributed by atoms with Crippen LogP contribution in [0.2, 0.25) is 0 Å². The van der Waals surface area contributed by atoms with Crippen LogP contribution in [-0.4, -0.2) is 47.9 Å². The highest BCUT2D eigenvalue weighted by Crippen LogP contribution is 2.41.